The number of rotatable bonds is 5. The van der Waals surface area contributed by atoms with Gasteiger partial charge in [-0.25, -0.2) is 0 Å². The lowest BCUT2D eigenvalue weighted by Gasteiger charge is -2.30. The lowest BCUT2D eigenvalue weighted by Crippen LogP contribution is -2.32. The van der Waals surface area contributed by atoms with Gasteiger partial charge >= 0.3 is 0 Å². The van der Waals surface area contributed by atoms with E-state index in [1.165, 1.54) is 5.56 Å². The second-order valence-corrected chi connectivity index (χ2v) is 7.66. The minimum absolute atomic E-state index is 0.141. The van der Waals surface area contributed by atoms with Gasteiger partial charge in [0.1, 0.15) is 0 Å². The van der Waals surface area contributed by atoms with Gasteiger partial charge in [-0.3, -0.25) is 9.69 Å². The zero-order valence-corrected chi connectivity index (χ0v) is 16.6. The molecule has 146 valence electrons. The molecule has 2 aliphatic rings. The summed E-state index contributed by atoms with van der Waals surface area (Å²) in [5, 5.41) is 0. The van der Waals surface area contributed by atoms with E-state index >= 15 is 0 Å². The Morgan fingerprint density at radius 3 is 2.39 bits per heavy atom. The fraction of sp³-hybridized carbons (Fsp3) is 0.375. The Labute approximate surface area is 166 Å². The number of hydrogen-bond acceptors (Lipinski definition) is 4. The van der Waals surface area contributed by atoms with Gasteiger partial charge < -0.3 is 9.47 Å². The summed E-state index contributed by atoms with van der Waals surface area (Å²) in [4.78, 5) is 15.4. The third-order valence-corrected chi connectivity index (χ3v) is 5.84. The van der Waals surface area contributed by atoms with E-state index in [0.29, 0.717) is 23.8 Å². The van der Waals surface area contributed by atoms with Crippen molar-refractivity contribution in [2.24, 2.45) is 5.92 Å². The second-order valence-electron chi connectivity index (χ2n) is 7.66. The van der Waals surface area contributed by atoms with Gasteiger partial charge in [-0.1, -0.05) is 36.4 Å². The molecule has 4 rings (SSSR count). The van der Waals surface area contributed by atoms with Crippen LogP contribution in [0.15, 0.2) is 54.1 Å². The molecule has 1 aliphatic carbocycles. The number of hydrogen-bond donors (Lipinski definition) is 0. The van der Waals surface area contributed by atoms with Crippen molar-refractivity contribution in [2.45, 2.75) is 25.8 Å². The molecule has 0 radical (unpaired) electrons. The molecule has 1 aliphatic heterocycles. The zero-order chi connectivity index (χ0) is 19.5. The first-order chi connectivity index (χ1) is 13.7. The van der Waals surface area contributed by atoms with Gasteiger partial charge in [0.25, 0.3) is 0 Å². The molecule has 0 unspecified atom stereocenters. The SMILES string of the molecule is COc1cc2c(cc1OC)C(=O)/C(=C\C1CCN(Cc3ccccc3)CC1)C2. The third kappa shape index (κ3) is 3.83. The van der Waals surface area contributed by atoms with Crippen molar-refractivity contribution in [1.82, 2.24) is 4.90 Å². The number of likely N-dealkylation sites (tertiary alicyclic amines) is 1. The van der Waals surface area contributed by atoms with Crippen LogP contribution >= 0.6 is 0 Å². The van der Waals surface area contributed by atoms with Crippen molar-refractivity contribution >= 4 is 5.78 Å². The lowest BCUT2D eigenvalue weighted by molar-refractivity contribution is 0.103. The van der Waals surface area contributed by atoms with E-state index in [4.69, 9.17) is 9.47 Å². The highest BCUT2D eigenvalue weighted by atomic mass is 16.5. The number of ether oxygens (including phenoxy) is 2. The Morgan fingerprint density at radius 1 is 1.04 bits per heavy atom. The molecule has 0 atom stereocenters. The largest absolute Gasteiger partial charge is 0.493 e. The molecule has 1 fully saturated rings. The van der Waals surface area contributed by atoms with Crippen molar-refractivity contribution in [3.63, 3.8) is 0 Å². The maximum absolute atomic E-state index is 12.9. The molecule has 0 aromatic heterocycles. The summed E-state index contributed by atoms with van der Waals surface area (Å²) in [6, 6.07) is 14.4. The van der Waals surface area contributed by atoms with Gasteiger partial charge in [0.05, 0.1) is 14.2 Å². The summed E-state index contributed by atoms with van der Waals surface area (Å²) in [6.07, 6.45) is 5.12. The molecule has 0 N–H and O–H groups in total. The number of Topliss-reactive ketones (excluding diaryl/α,β-unsaturated/α-hetero) is 1. The van der Waals surface area contributed by atoms with E-state index in [0.717, 1.165) is 49.2 Å². The standard InChI is InChI=1S/C24H27NO3/c1-27-22-14-19-13-20(24(26)21(19)15-23(22)28-2)12-17-8-10-25(11-9-17)16-18-6-4-3-5-7-18/h3-7,12,14-15,17H,8-11,13,16H2,1-2H3/b20-12-. The quantitative estimate of drug-likeness (QED) is 0.729. The number of carbonyl (C=O) groups is 1. The second kappa shape index (κ2) is 8.19. The van der Waals surface area contributed by atoms with E-state index in [-0.39, 0.29) is 5.78 Å². The number of fused-ring (bicyclic) bond motifs is 1. The Bertz CT molecular complexity index is 880. The normalized spacial score (nSPS) is 19.1. The molecule has 2 aromatic carbocycles. The van der Waals surface area contributed by atoms with Crippen LogP contribution < -0.4 is 9.47 Å². The fourth-order valence-electron chi connectivity index (χ4n) is 4.28. The predicted molar refractivity (Wildman–Crippen MR) is 110 cm³/mol. The van der Waals surface area contributed by atoms with Crippen LogP contribution in [0.25, 0.3) is 0 Å². The van der Waals surface area contributed by atoms with Crippen LogP contribution in [-0.2, 0) is 13.0 Å². The van der Waals surface area contributed by atoms with Gasteiger partial charge in [-0.2, -0.15) is 0 Å². The van der Waals surface area contributed by atoms with Crippen molar-refractivity contribution in [3.8, 4) is 11.5 Å². The molecule has 0 amide bonds. The summed E-state index contributed by atoms with van der Waals surface area (Å²) < 4.78 is 10.7. The zero-order valence-electron chi connectivity index (χ0n) is 16.6. The first-order valence-corrected chi connectivity index (χ1v) is 9.94. The maximum Gasteiger partial charge on any atom is 0.189 e. The average Bonchev–Trinajstić information content (AvgIpc) is 3.03. The summed E-state index contributed by atoms with van der Waals surface area (Å²) in [5.41, 5.74) is 4.08. The molecule has 0 spiro atoms. The van der Waals surface area contributed by atoms with Gasteiger partial charge in [-0.15, -0.1) is 0 Å². The molecule has 28 heavy (non-hydrogen) atoms. The fourth-order valence-corrected chi connectivity index (χ4v) is 4.28. The highest BCUT2D eigenvalue weighted by Crippen LogP contribution is 2.37. The number of benzene rings is 2. The minimum Gasteiger partial charge on any atom is -0.493 e. The molecule has 1 heterocycles. The van der Waals surface area contributed by atoms with E-state index in [2.05, 4.69) is 41.3 Å². The molecule has 1 saturated heterocycles. The topological polar surface area (TPSA) is 38.8 Å². The highest BCUT2D eigenvalue weighted by molar-refractivity contribution is 6.13. The average molecular weight is 377 g/mol. The Kier molecular flexibility index (Phi) is 5.49. The van der Waals surface area contributed by atoms with Crippen LogP contribution in [0.4, 0.5) is 0 Å². The number of ketones is 1. The van der Waals surface area contributed by atoms with Crippen LogP contribution in [0.3, 0.4) is 0 Å². The number of allylic oxidation sites excluding steroid dienone is 2. The third-order valence-electron chi connectivity index (χ3n) is 5.84. The number of methoxy groups -OCH3 is 2. The molecule has 2 aromatic rings. The van der Waals surface area contributed by atoms with E-state index in [1.54, 1.807) is 14.2 Å². The van der Waals surface area contributed by atoms with Gasteiger partial charge in [0, 0.05) is 24.1 Å². The van der Waals surface area contributed by atoms with E-state index in [1.807, 2.05) is 12.1 Å². The smallest absolute Gasteiger partial charge is 0.189 e. The molecule has 4 nitrogen and oxygen atoms in total. The Balaban J connectivity index is 1.41. The molecular weight excluding hydrogens is 350 g/mol. The maximum atomic E-state index is 12.9. The monoisotopic (exact) mass is 377 g/mol. The lowest BCUT2D eigenvalue weighted by atomic mass is 9.93. The van der Waals surface area contributed by atoms with Crippen molar-refractivity contribution in [1.29, 1.82) is 0 Å². The summed E-state index contributed by atoms with van der Waals surface area (Å²) >= 11 is 0. The predicted octanol–water partition coefficient (Wildman–Crippen LogP) is 4.28. The number of piperidine rings is 1. The van der Waals surface area contributed by atoms with Crippen LogP contribution in [0, 0.1) is 5.92 Å². The van der Waals surface area contributed by atoms with Crippen LogP contribution in [-0.4, -0.2) is 38.0 Å². The van der Waals surface area contributed by atoms with Crippen LogP contribution in [0.5, 0.6) is 11.5 Å². The Morgan fingerprint density at radius 2 is 1.71 bits per heavy atom. The summed E-state index contributed by atoms with van der Waals surface area (Å²) in [5.74, 6) is 1.92. The van der Waals surface area contributed by atoms with E-state index < -0.39 is 0 Å². The van der Waals surface area contributed by atoms with Crippen LogP contribution in [0.2, 0.25) is 0 Å². The van der Waals surface area contributed by atoms with Crippen LogP contribution in [0.1, 0.15) is 34.3 Å². The number of nitrogens with zero attached hydrogens (tertiary/aromatic N) is 1. The minimum atomic E-state index is 0.141. The summed E-state index contributed by atoms with van der Waals surface area (Å²) in [6.45, 7) is 3.16. The molecule has 0 saturated carbocycles. The van der Waals surface area contributed by atoms with E-state index in [9.17, 15) is 4.79 Å². The van der Waals surface area contributed by atoms with Crippen molar-refractivity contribution in [3.05, 3.63) is 70.8 Å². The van der Waals surface area contributed by atoms with Crippen molar-refractivity contribution in [2.75, 3.05) is 27.3 Å². The molecule has 0 bridgehead atoms. The Hall–Kier alpha value is -2.59. The summed E-state index contributed by atoms with van der Waals surface area (Å²) in [7, 11) is 3.23. The van der Waals surface area contributed by atoms with Gasteiger partial charge in [0.2, 0.25) is 0 Å². The molecule has 4 heteroatoms. The molecular formula is C24H27NO3. The first kappa shape index (κ1) is 18.8. The first-order valence-electron chi connectivity index (χ1n) is 9.94. The van der Waals surface area contributed by atoms with Gasteiger partial charge in [0.15, 0.2) is 17.3 Å². The number of carbonyl (C=O) groups excluding carboxylic acids is 1. The van der Waals surface area contributed by atoms with Crippen molar-refractivity contribution < 1.29 is 14.3 Å². The van der Waals surface area contributed by atoms with Gasteiger partial charge in [-0.05, 0) is 55.1 Å². The highest BCUT2D eigenvalue weighted by Gasteiger charge is 2.28.